The molecule has 0 saturated heterocycles. The lowest BCUT2D eigenvalue weighted by molar-refractivity contribution is -0.119. The molecule has 2 aromatic carbocycles. The van der Waals surface area contributed by atoms with Crippen molar-refractivity contribution in [2.75, 3.05) is 10.6 Å². The topological polar surface area (TPSA) is 135 Å². The monoisotopic (exact) mass is 570 g/mol. The minimum Gasteiger partial charge on any atom is -0.328 e. The Morgan fingerprint density at radius 3 is 2.34 bits per heavy atom. The minimum atomic E-state index is -3.17. The summed E-state index contributed by atoms with van der Waals surface area (Å²) in [5.74, 6) is 2.31. The third-order valence-electron chi connectivity index (χ3n) is 5.10. The van der Waals surface area contributed by atoms with Crippen LogP contribution in [0.3, 0.4) is 0 Å². The van der Waals surface area contributed by atoms with E-state index in [1.54, 1.807) is 12.3 Å². The highest BCUT2D eigenvalue weighted by atomic mass is 35.5. The van der Waals surface area contributed by atoms with Crippen molar-refractivity contribution in [2.45, 2.75) is 11.4 Å². The first-order chi connectivity index (χ1) is 18.1. The Labute approximate surface area is 228 Å². The molecular formula is C25H20Cl2N6O4S. The van der Waals surface area contributed by atoms with E-state index in [0.29, 0.717) is 10.0 Å². The highest BCUT2D eigenvalue weighted by Crippen LogP contribution is 2.23. The number of pyridine rings is 1. The molecule has 0 saturated carbocycles. The van der Waals surface area contributed by atoms with Gasteiger partial charge in [0.15, 0.2) is 0 Å². The summed E-state index contributed by atoms with van der Waals surface area (Å²) in [5, 5.41) is 6.01. The number of aromatic nitrogens is 3. The molecule has 4 rings (SSSR count). The first-order valence-corrected chi connectivity index (χ1v) is 13.4. The van der Waals surface area contributed by atoms with Crippen molar-refractivity contribution in [1.82, 2.24) is 19.3 Å². The Hall–Kier alpha value is -4.19. The van der Waals surface area contributed by atoms with Gasteiger partial charge >= 0.3 is 0 Å². The van der Waals surface area contributed by atoms with Crippen LogP contribution in [0.25, 0.3) is 0 Å². The van der Waals surface area contributed by atoms with Crippen molar-refractivity contribution >= 4 is 68.0 Å². The molecule has 194 valence electrons. The fraction of sp³-hybridized carbons (Fsp3) is 0.0400. The third-order valence-corrected chi connectivity index (χ3v) is 7.15. The maximum absolute atomic E-state index is 13.0. The van der Waals surface area contributed by atoms with Crippen LogP contribution in [0.2, 0.25) is 10.0 Å². The molecule has 38 heavy (non-hydrogen) atoms. The summed E-state index contributed by atoms with van der Waals surface area (Å²) in [6.07, 6.45) is 5.97. The number of halogens is 2. The summed E-state index contributed by atoms with van der Waals surface area (Å²) in [5.41, 5.74) is 0.539. The van der Waals surface area contributed by atoms with Gasteiger partial charge in [-0.05, 0) is 60.5 Å². The summed E-state index contributed by atoms with van der Waals surface area (Å²) in [7, 11) is -3.17. The zero-order chi connectivity index (χ0) is 27.3. The van der Waals surface area contributed by atoms with Gasteiger partial charge in [0.2, 0.25) is 0 Å². The van der Waals surface area contributed by atoms with E-state index < -0.39 is 27.4 Å². The number of nitrogens with one attached hydrogen (secondary N) is 3. The number of benzene rings is 2. The van der Waals surface area contributed by atoms with Crippen LogP contribution in [0.5, 0.6) is 0 Å². The molecule has 0 fully saturated rings. The molecule has 3 N–H and O–H groups in total. The largest absolute Gasteiger partial charge is 0.328 e. The molecule has 1 unspecified atom stereocenters. The first-order valence-electron chi connectivity index (χ1n) is 10.9. The smallest absolute Gasteiger partial charge is 0.258 e. The lowest BCUT2D eigenvalue weighted by Crippen LogP contribution is -2.33. The van der Waals surface area contributed by atoms with E-state index in [2.05, 4.69) is 31.2 Å². The summed E-state index contributed by atoms with van der Waals surface area (Å²) in [6, 6.07) is 13.3. The van der Waals surface area contributed by atoms with Crippen LogP contribution in [-0.2, 0) is 21.0 Å². The molecule has 0 spiro atoms. The second-order valence-corrected chi connectivity index (χ2v) is 10.8. The van der Waals surface area contributed by atoms with Crippen LogP contribution in [0.4, 0.5) is 11.5 Å². The maximum Gasteiger partial charge on any atom is 0.258 e. The molecule has 10 nitrogen and oxygen atoms in total. The number of hydrogen-bond acceptors (Lipinski definition) is 6. The van der Waals surface area contributed by atoms with Gasteiger partial charge < -0.3 is 15.2 Å². The number of rotatable bonds is 8. The van der Waals surface area contributed by atoms with Gasteiger partial charge in [0.1, 0.15) is 12.4 Å². The highest BCUT2D eigenvalue weighted by Gasteiger charge is 2.17. The van der Waals surface area contributed by atoms with Crippen LogP contribution < -0.4 is 15.4 Å². The number of nitrogens with zero attached hydrogens (tertiary/aromatic N) is 3. The van der Waals surface area contributed by atoms with Gasteiger partial charge in [-0.15, -0.1) is 0 Å². The normalized spacial score (nSPS) is 12.3. The fourth-order valence-corrected chi connectivity index (χ4v) is 4.70. The summed E-state index contributed by atoms with van der Waals surface area (Å²) >= 11 is 11.9. The van der Waals surface area contributed by atoms with E-state index in [9.17, 15) is 18.6 Å². The van der Waals surface area contributed by atoms with Crippen molar-refractivity contribution in [3.63, 3.8) is 0 Å². The van der Waals surface area contributed by atoms with Gasteiger partial charge in [-0.3, -0.25) is 19.1 Å². The van der Waals surface area contributed by atoms with E-state index in [0.717, 1.165) is 0 Å². The van der Waals surface area contributed by atoms with Crippen LogP contribution in [0.15, 0.2) is 84.4 Å². The minimum absolute atomic E-state index is 0.0713. The molecule has 0 radical (unpaired) electrons. The van der Waals surface area contributed by atoms with Crippen molar-refractivity contribution in [1.29, 1.82) is 0 Å². The van der Waals surface area contributed by atoms with E-state index in [1.807, 2.05) is 0 Å². The van der Waals surface area contributed by atoms with Crippen LogP contribution in [-0.4, -0.2) is 42.3 Å². The van der Waals surface area contributed by atoms with Gasteiger partial charge in [-0.25, -0.2) is 14.2 Å². The molecule has 0 aliphatic carbocycles. The molecule has 0 bridgehead atoms. The Kier molecular flexibility index (Phi) is 8.10. The zero-order valence-electron chi connectivity index (χ0n) is 19.6. The second-order valence-electron chi connectivity index (χ2n) is 7.92. The van der Waals surface area contributed by atoms with Gasteiger partial charge in [-0.2, -0.15) is 0 Å². The standard InChI is InChI=1S/C25H20Cl2N6O4S/c1-38(37,32-23(34)14-33-11-10-28-15-33)19-6-2-16(3-7-19)24(35)30-21-8-4-17(26)12-20(21)25(36)31-22-9-5-18(27)13-29-22/h2-13,15H,1,14H2,(H,30,35)(H,29,31,36)(H,32,34,37). The number of imidazole rings is 1. The number of anilines is 2. The number of carbonyl (C=O) groups excluding carboxylic acids is 3. The van der Waals surface area contributed by atoms with E-state index in [1.165, 1.54) is 71.8 Å². The maximum atomic E-state index is 13.0. The number of hydrogen-bond donors (Lipinski definition) is 3. The van der Waals surface area contributed by atoms with Crippen LogP contribution >= 0.6 is 23.2 Å². The SMILES string of the molecule is C=S(=O)(NC(=O)Cn1ccnc1)c1ccc(C(=O)Nc2ccc(Cl)cc2C(=O)Nc2ccc(Cl)cn2)cc1. The molecule has 0 aliphatic heterocycles. The average Bonchev–Trinajstić information content (AvgIpc) is 3.39. The van der Waals surface area contributed by atoms with Crippen LogP contribution in [0.1, 0.15) is 20.7 Å². The predicted molar refractivity (Wildman–Crippen MR) is 147 cm³/mol. The highest BCUT2D eigenvalue weighted by molar-refractivity contribution is 7.99. The summed E-state index contributed by atoms with van der Waals surface area (Å²) < 4.78 is 16.9. The number of carbonyl (C=O) groups is 3. The quantitative estimate of drug-likeness (QED) is 0.275. The van der Waals surface area contributed by atoms with Gasteiger partial charge in [-0.1, -0.05) is 23.2 Å². The number of amides is 3. The summed E-state index contributed by atoms with van der Waals surface area (Å²) in [6.45, 7) is -0.0713. The molecular weight excluding hydrogens is 551 g/mol. The second kappa shape index (κ2) is 11.5. The van der Waals surface area contributed by atoms with Gasteiger partial charge in [0.25, 0.3) is 17.7 Å². The van der Waals surface area contributed by atoms with Crippen molar-refractivity contribution < 1.29 is 18.6 Å². The van der Waals surface area contributed by atoms with Gasteiger partial charge in [0.05, 0.1) is 32.3 Å². The Balaban J connectivity index is 1.46. The van der Waals surface area contributed by atoms with Crippen molar-refractivity contribution in [3.8, 4) is 0 Å². The lowest BCUT2D eigenvalue weighted by atomic mass is 10.1. The van der Waals surface area contributed by atoms with Crippen molar-refractivity contribution in [2.24, 2.45) is 0 Å². The third kappa shape index (κ3) is 6.76. The molecule has 2 heterocycles. The lowest BCUT2D eigenvalue weighted by Gasteiger charge is -2.14. The molecule has 2 aromatic heterocycles. The zero-order valence-corrected chi connectivity index (χ0v) is 21.9. The molecule has 0 aliphatic rings. The van der Waals surface area contributed by atoms with E-state index >= 15 is 0 Å². The van der Waals surface area contributed by atoms with E-state index in [-0.39, 0.29) is 34.1 Å². The molecule has 1 atom stereocenters. The Morgan fingerprint density at radius 1 is 0.947 bits per heavy atom. The predicted octanol–water partition coefficient (Wildman–Crippen LogP) is 3.90. The van der Waals surface area contributed by atoms with E-state index in [4.69, 9.17) is 23.2 Å². The fourth-order valence-electron chi connectivity index (χ4n) is 3.29. The van der Waals surface area contributed by atoms with Crippen molar-refractivity contribution in [3.05, 3.63) is 101 Å². The molecule has 4 aromatic rings. The molecule has 13 heteroatoms. The first kappa shape index (κ1) is 26.9. The Bertz CT molecular complexity index is 1590. The average molecular weight is 571 g/mol. The van der Waals surface area contributed by atoms with Gasteiger partial charge in [0, 0.05) is 34.1 Å². The molecule has 3 amide bonds. The summed E-state index contributed by atoms with van der Waals surface area (Å²) in [4.78, 5) is 46.1. The Morgan fingerprint density at radius 2 is 1.68 bits per heavy atom. The van der Waals surface area contributed by atoms with Crippen LogP contribution in [0, 0.1) is 0 Å².